The third kappa shape index (κ3) is 2.16. The Morgan fingerprint density at radius 2 is 2.24 bits per heavy atom. The molecule has 3 aliphatic rings. The molecule has 1 saturated carbocycles. The minimum absolute atomic E-state index is 0.0211. The average Bonchev–Trinajstić information content (AvgIpc) is 2.77. The van der Waals surface area contributed by atoms with E-state index in [-0.39, 0.29) is 17.3 Å². The van der Waals surface area contributed by atoms with Crippen molar-refractivity contribution in [2.45, 2.75) is 57.3 Å². The smallest absolute Gasteiger partial charge is 0.191 e. The lowest BCUT2D eigenvalue weighted by atomic mass is 9.74. The van der Waals surface area contributed by atoms with E-state index in [4.69, 9.17) is 9.47 Å². The number of fused-ring (bicyclic) bond motifs is 1. The summed E-state index contributed by atoms with van der Waals surface area (Å²) in [5, 5.41) is 10.3. The van der Waals surface area contributed by atoms with Gasteiger partial charge in [-0.2, -0.15) is 0 Å². The number of ether oxygens (including phenoxy) is 2. The molecule has 0 aromatic carbocycles. The maximum Gasteiger partial charge on any atom is 0.191 e. The van der Waals surface area contributed by atoms with Gasteiger partial charge in [0.1, 0.15) is 23.6 Å². The van der Waals surface area contributed by atoms with Gasteiger partial charge in [-0.25, -0.2) is 0 Å². The molecule has 5 atom stereocenters. The molecular formula is C17H24O4. The summed E-state index contributed by atoms with van der Waals surface area (Å²) in [6.45, 7) is 8.25. The van der Waals surface area contributed by atoms with Gasteiger partial charge in [-0.15, -0.1) is 0 Å². The first-order valence-corrected chi connectivity index (χ1v) is 7.70. The lowest BCUT2D eigenvalue weighted by Gasteiger charge is -2.44. The highest BCUT2D eigenvalue weighted by Crippen LogP contribution is 2.53. The largest absolute Gasteiger partial charge is 0.488 e. The van der Waals surface area contributed by atoms with E-state index in [2.05, 4.69) is 20.4 Å². The number of carbonyl (C=O) groups excluding carboxylic acids is 1. The Bertz CT molecular complexity index is 521. The van der Waals surface area contributed by atoms with Crippen molar-refractivity contribution in [1.29, 1.82) is 0 Å². The van der Waals surface area contributed by atoms with E-state index >= 15 is 0 Å². The maximum atomic E-state index is 12.5. The Balaban J connectivity index is 1.97. The number of Topliss-reactive ketones (excluding diaryl/α,β-unsaturated/α-hetero) is 1. The molecule has 2 aliphatic carbocycles. The fraction of sp³-hybridized carbons (Fsp3) is 0.706. The number of aliphatic hydroxyl groups is 1. The van der Waals surface area contributed by atoms with E-state index in [0.29, 0.717) is 30.1 Å². The van der Waals surface area contributed by atoms with Gasteiger partial charge in [0.05, 0.1) is 0 Å². The molecule has 0 bridgehead atoms. The van der Waals surface area contributed by atoms with E-state index in [9.17, 15) is 9.90 Å². The first-order chi connectivity index (χ1) is 9.87. The zero-order valence-electron chi connectivity index (χ0n) is 13.0. The molecule has 4 nitrogen and oxygen atoms in total. The lowest BCUT2D eigenvalue weighted by molar-refractivity contribution is -0.135. The zero-order chi connectivity index (χ0) is 15.4. The first kappa shape index (κ1) is 14.8. The number of methoxy groups -OCH3 is 1. The Morgan fingerprint density at radius 3 is 2.86 bits per heavy atom. The van der Waals surface area contributed by atoms with Crippen LogP contribution in [0.4, 0.5) is 0 Å². The molecule has 1 N–H and O–H groups in total. The van der Waals surface area contributed by atoms with Gasteiger partial charge >= 0.3 is 0 Å². The molecule has 0 saturated heterocycles. The van der Waals surface area contributed by atoms with Crippen LogP contribution in [0.5, 0.6) is 0 Å². The van der Waals surface area contributed by atoms with Crippen molar-refractivity contribution in [3.63, 3.8) is 0 Å². The molecule has 4 heteroatoms. The lowest BCUT2D eigenvalue weighted by Crippen LogP contribution is -2.47. The number of rotatable bonds is 2. The van der Waals surface area contributed by atoms with E-state index in [1.807, 2.05) is 0 Å². The highest BCUT2D eigenvalue weighted by atomic mass is 16.5. The van der Waals surface area contributed by atoms with Gasteiger partial charge in [0, 0.05) is 25.0 Å². The van der Waals surface area contributed by atoms with E-state index in [0.717, 1.165) is 18.4 Å². The number of aliphatic hydroxyl groups excluding tert-OH is 1. The Hall–Kier alpha value is -1.13. The second-order valence-electron chi connectivity index (χ2n) is 6.90. The number of allylic oxidation sites excluding steroid dienone is 1. The topological polar surface area (TPSA) is 55.8 Å². The molecular weight excluding hydrogens is 268 g/mol. The van der Waals surface area contributed by atoms with Crippen LogP contribution in [0.25, 0.3) is 0 Å². The molecule has 21 heavy (non-hydrogen) atoms. The third-order valence-corrected chi connectivity index (χ3v) is 5.53. The predicted molar refractivity (Wildman–Crippen MR) is 78.6 cm³/mol. The molecule has 0 aromatic heterocycles. The maximum absolute atomic E-state index is 12.5. The number of ketones is 1. The van der Waals surface area contributed by atoms with Crippen molar-refractivity contribution < 1.29 is 19.4 Å². The van der Waals surface area contributed by atoms with Gasteiger partial charge in [-0.3, -0.25) is 4.79 Å². The van der Waals surface area contributed by atoms with E-state index in [1.54, 1.807) is 0 Å². The highest BCUT2D eigenvalue weighted by Gasteiger charge is 2.53. The number of hydrogen-bond acceptors (Lipinski definition) is 4. The SMILES string of the molecule is C=C(C)C1CCC2(C)OC3=C(CC12)C(=O)C(OC)CC3O. The first-order valence-electron chi connectivity index (χ1n) is 7.70. The summed E-state index contributed by atoms with van der Waals surface area (Å²) >= 11 is 0. The summed E-state index contributed by atoms with van der Waals surface area (Å²) in [5.41, 5.74) is 1.50. The molecule has 116 valence electrons. The van der Waals surface area contributed by atoms with Gasteiger partial charge in [0.2, 0.25) is 0 Å². The number of carbonyl (C=O) groups is 1. The van der Waals surface area contributed by atoms with E-state index in [1.165, 1.54) is 7.11 Å². The minimum atomic E-state index is -0.732. The molecule has 0 amide bonds. The van der Waals surface area contributed by atoms with Crippen molar-refractivity contribution in [3.05, 3.63) is 23.5 Å². The van der Waals surface area contributed by atoms with Crippen molar-refractivity contribution in [2.75, 3.05) is 7.11 Å². The average molecular weight is 292 g/mol. The van der Waals surface area contributed by atoms with Crippen LogP contribution in [0.1, 0.15) is 39.5 Å². The summed E-state index contributed by atoms with van der Waals surface area (Å²) in [5.74, 6) is 1.12. The molecule has 0 spiro atoms. The molecule has 1 aliphatic heterocycles. The second-order valence-corrected chi connectivity index (χ2v) is 6.90. The Labute approximate surface area is 125 Å². The normalized spacial score (nSPS) is 42.4. The third-order valence-electron chi connectivity index (χ3n) is 5.53. The van der Waals surface area contributed by atoms with Crippen molar-refractivity contribution in [3.8, 4) is 0 Å². The molecule has 1 heterocycles. The molecule has 0 radical (unpaired) electrons. The predicted octanol–water partition coefficient (Wildman–Crippen LogP) is 2.37. The van der Waals surface area contributed by atoms with Crippen molar-refractivity contribution in [1.82, 2.24) is 0 Å². The second kappa shape index (κ2) is 4.96. The summed E-state index contributed by atoms with van der Waals surface area (Å²) in [7, 11) is 1.51. The van der Waals surface area contributed by atoms with Crippen LogP contribution in [0, 0.1) is 11.8 Å². The molecule has 0 aromatic rings. The highest BCUT2D eigenvalue weighted by molar-refractivity contribution is 6.00. The Morgan fingerprint density at radius 1 is 1.52 bits per heavy atom. The molecule has 3 rings (SSSR count). The summed E-state index contributed by atoms with van der Waals surface area (Å²) in [4.78, 5) is 12.5. The van der Waals surface area contributed by atoms with Gasteiger partial charge < -0.3 is 14.6 Å². The van der Waals surface area contributed by atoms with Crippen LogP contribution >= 0.6 is 0 Å². The van der Waals surface area contributed by atoms with Gasteiger partial charge in [0.25, 0.3) is 0 Å². The van der Waals surface area contributed by atoms with Crippen LogP contribution in [0.15, 0.2) is 23.5 Å². The molecule has 5 unspecified atom stereocenters. The quantitative estimate of drug-likeness (QED) is 0.794. The van der Waals surface area contributed by atoms with Crippen LogP contribution < -0.4 is 0 Å². The van der Waals surface area contributed by atoms with Crippen molar-refractivity contribution >= 4 is 5.78 Å². The minimum Gasteiger partial charge on any atom is -0.488 e. The van der Waals surface area contributed by atoms with Gasteiger partial charge in [-0.05, 0) is 39.0 Å². The van der Waals surface area contributed by atoms with Crippen LogP contribution in [-0.4, -0.2) is 35.8 Å². The van der Waals surface area contributed by atoms with Crippen molar-refractivity contribution in [2.24, 2.45) is 11.8 Å². The summed E-state index contributed by atoms with van der Waals surface area (Å²) in [6, 6.07) is 0. The fourth-order valence-electron chi connectivity index (χ4n) is 4.27. The monoisotopic (exact) mass is 292 g/mol. The van der Waals surface area contributed by atoms with Gasteiger partial charge in [-0.1, -0.05) is 12.2 Å². The summed E-state index contributed by atoms with van der Waals surface area (Å²) in [6.07, 6.45) is 1.66. The van der Waals surface area contributed by atoms with Gasteiger partial charge in [0.15, 0.2) is 5.78 Å². The number of hydrogen-bond donors (Lipinski definition) is 1. The fourth-order valence-corrected chi connectivity index (χ4v) is 4.27. The van der Waals surface area contributed by atoms with Crippen LogP contribution in [0.3, 0.4) is 0 Å². The zero-order valence-corrected chi connectivity index (χ0v) is 13.0. The molecule has 1 fully saturated rings. The summed E-state index contributed by atoms with van der Waals surface area (Å²) < 4.78 is 11.4. The Kier molecular flexibility index (Phi) is 3.49. The van der Waals surface area contributed by atoms with Crippen LogP contribution in [-0.2, 0) is 14.3 Å². The van der Waals surface area contributed by atoms with E-state index < -0.39 is 12.2 Å². The standard InChI is InChI=1S/C17H24O4/c1-9(2)10-5-6-17(3)12(10)7-11-15(19)14(20-4)8-13(18)16(11)21-17/h10,12-14,18H,1,5-8H2,2-4H3. The van der Waals surface area contributed by atoms with Crippen LogP contribution in [0.2, 0.25) is 0 Å².